The number of hydrogen-bond acceptors (Lipinski definition) is 3. The van der Waals surface area contributed by atoms with Crippen molar-refractivity contribution < 1.29 is 4.74 Å². The quantitative estimate of drug-likeness (QED) is 0.833. The zero-order valence-electron chi connectivity index (χ0n) is 8.45. The van der Waals surface area contributed by atoms with Crippen molar-refractivity contribution in [2.24, 2.45) is 0 Å². The summed E-state index contributed by atoms with van der Waals surface area (Å²) in [7, 11) is 0. The number of hydrogen-bond donors (Lipinski definition) is 1. The van der Waals surface area contributed by atoms with Crippen molar-refractivity contribution in [2.75, 3.05) is 5.73 Å². The van der Waals surface area contributed by atoms with Crippen LogP contribution in [0.4, 0.5) is 5.69 Å². The Morgan fingerprint density at radius 1 is 1.00 bits per heavy atom. The highest BCUT2D eigenvalue weighted by molar-refractivity contribution is 6.34. The summed E-state index contributed by atoms with van der Waals surface area (Å²) in [6.07, 6.45) is 0. The van der Waals surface area contributed by atoms with Crippen LogP contribution >= 0.6 is 34.8 Å². The summed E-state index contributed by atoms with van der Waals surface area (Å²) in [6, 6.07) is 8.00. The van der Waals surface area contributed by atoms with Crippen molar-refractivity contribution in [1.29, 1.82) is 0 Å². The predicted molar refractivity (Wildman–Crippen MR) is 70.2 cm³/mol. The molecule has 0 radical (unpaired) electrons. The number of aromatic nitrogens is 1. The Morgan fingerprint density at radius 2 is 1.65 bits per heavy atom. The van der Waals surface area contributed by atoms with Crippen molar-refractivity contribution >= 4 is 40.5 Å². The molecular formula is C11H7Cl3N2O. The Hall–Kier alpha value is -1.16. The molecule has 0 bridgehead atoms. The second-order valence-corrected chi connectivity index (χ2v) is 4.50. The number of nitrogens with zero attached hydrogens (tertiary/aromatic N) is 1. The monoisotopic (exact) mass is 288 g/mol. The minimum Gasteiger partial charge on any atom is -0.437 e. The van der Waals surface area contributed by atoms with Crippen LogP contribution in [-0.4, -0.2) is 4.98 Å². The molecule has 0 saturated carbocycles. The summed E-state index contributed by atoms with van der Waals surface area (Å²) in [5.41, 5.74) is 6.08. The molecule has 1 heterocycles. The second-order valence-electron chi connectivity index (χ2n) is 3.24. The van der Waals surface area contributed by atoms with Crippen LogP contribution in [0.15, 0.2) is 30.3 Å². The van der Waals surface area contributed by atoms with E-state index in [2.05, 4.69) is 4.98 Å². The number of benzene rings is 1. The highest BCUT2D eigenvalue weighted by atomic mass is 35.5. The summed E-state index contributed by atoms with van der Waals surface area (Å²) < 4.78 is 5.46. The third kappa shape index (κ3) is 3.16. The molecule has 0 aliphatic carbocycles. The molecule has 1 aromatic heterocycles. The SMILES string of the molecule is Nc1ccc(Cl)nc1Oc1cc(Cl)cc(Cl)c1. The van der Waals surface area contributed by atoms with E-state index in [-0.39, 0.29) is 5.88 Å². The molecular weight excluding hydrogens is 282 g/mol. The fourth-order valence-electron chi connectivity index (χ4n) is 1.21. The fraction of sp³-hybridized carbons (Fsp3) is 0. The molecule has 2 N–H and O–H groups in total. The average Bonchev–Trinajstić information content (AvgIpc) is 2.22. The zero-order chi connectivity index (χ0) is 12.4. The highest BCUT2D eigenvalue weighted by Crippen LogP contribution is 2.30. The fourth-order valence-corrected chi connectivity index (χ4v) is 1.86. The lowest BCUT2D eigenvalue weighted by Gasteiger charge is -2.08. The lowest BCUT2D eigenvalue weighted by Crippen LogP contribution is -1.95. The molecule has 0 atom stereocenters. The van der Waals surface area contributed by atoms with Gasteiger partial charge in [0.05, 0.1) is 5.69 Å². The summed E-state index contributed by atoms with van der Waals surface area (Å²) in [6.45, 7) is 0. The van der Waals surface area contributed by atoms with Crippen LogP contribution in [0.5, 0.6) is 11.6 Å². The van der Waals surface area contributed by atoms with Crippen molar-refractivity contribution in [3.05, 3.63) is 45.5 Å². The molecule has 17 heavy (non-hydrogen) atoms. The van der Waals surface area contributed by atoms with Gasteiger partial charge in [-0.25, -0.2) is 0 Å². The number of nitrogen functional groups attached to an aromatic ring is 1. The summed E-state index contributed by atoms with van der Waals surface area (Å²) >= 11 is 17.4. The van der Waals surface area contributed by atoms with E-state index in [1.165, 1.54) is 0 Å². The van der Waals surface area contributed by atoms with Crippen molar-refractivity contribution in [2.45, 2.75) is 0 Å². The summed E-state index contributed by atoms with van der Waals surface area (Å²) in [4.78, 5) is 3.96. The Morgan fingerprint density at radius 3 is 2.29 bits per heavy atom. The van der Waals surface area contributed by atoms with E-state index in [9.17, 15) is 0 Å². The van der Waals surface area contributed by atoms with E-state index in [4.69, 9.17) is 45.3 Å². The molecule has 1 aromatic carbocycles. The Kier molecular flexibility index (Phi) is 3.62. The molecule has 2 aromatic rings. The maximum atomic E-state index is 5.85. The lowest BCUT2D eigenvalue weighted by molar-refractivity contribution is 0.466. The molecule has 0 aliphatic heterocycles. The van der Waals surface area contributed by atoms with E-state index >= 15 is 0 Å². The molecule has 0 aliphatic rings. The third-order valence-corrected chi connectivity index (χ3v) is 2.55. The first-order chi connectivity index (χ1) is 8.04. The molecule has 88 valence electrons. The molecule has 0 fully saturated rings. The summed E-state index contributed by atoms with van der Waals surface area (Å²) in [5.74, 6) is 0.666. The van der Waals surface area contributed by atoms with Gasteiger partial charge in [-0.1, -0.05) is 34.8 Å². The van der Waals surface area contributed by atoms with Crippen LogP contribution in [0, 0.1) is 0 Å². The maximum absolute atomic E-state index is 5.85. The molecule has 3 nitrogen and oxygen atoms in total. The average molecular weight is 290 g/mol. The topological polar surface area (TPSA) is 48.1 Å². The maximum Gasteiger partial charge on any atom is 0.244 e. The first kappa shape index (κ1) is 12.3. The van der Waals surface area contributed by atoms with E-state index in [1.54, 1.807) is 30.3 Å². The Labute approximate surface area is 113 Å². The van der Waals surface area contributed by atoms with Gasteiger partial charge in [0.15, 0.2) is 0 Å². The van der Waals surface area contributed by atoms with Crippen LogP contribution in [0.2, 0.25) is 15.2 Å². The van der Waals surface area contributed by atoms with Gasteiger partial charge in [0.25, 0.3) is 0 Å². The van der Waals surface area contributed by atoms with Gasteiger partial charge in [0.1, 0.15) is 10.9 Å². The highest BCUT2D eigenvalue weighted by Gasteiger charge is 2.06. The van der Waals surface area contributed by atoms with Crippen molar-refractivity contribution in [3.63, 3.8) is 0 Å². The van der Waals surface area contributed by atoms with Gasteiger partial charge >= 0.3 is 0 Å². The molecule has 0 unspecified atom stereocenters. The van der Waals surface area contributed by atoms with E-state index in [0.29, 0.717) is 26.6 Å². The van der Waals surface area contributed by atoms with Gasteiger partial charge in [-0.05, 0) is 30.3 Å². The minimum atomic E-state index is 0.218. The first-order valence-corrected chi connectivity index (χ1v) is 5.74. The van der Waals surface area contributed by atoms with Crippen LogP contribution < -0.4 is 10.5 Å². The minimum absolute atomic E-state index is 0.218. The smallest absolute Gasteiger partial charge is 0.244 e. The zero-order valence-corrected chi connectivity index (χ0v) is 10.7. The molecule has 0 saturated heterocycles. The third-order valence-electron chi connectivity index (χ3n) is 1.91. The van der Waals surface area contributed by atoms with E-state index < -0.39 is 0 Å². The summed E-state index contributed by atoms with van der Waals surface area (Å²) in [5, 5.41) is 1.23. The number of rotatable bonds is 2. The van der Waals surface area contributed by atoms with Gasteiger partial charge in [0, 0.05) is 10.0 Å². The van der Waals surface area contributed by atoms with Crippen LogP contribution in [0.25, 0.3) is 0 Å². The lowest BCUT2D eigenvalue weighted by atomic mass is 10.3. The van der Waals surface area contributed by atoms with Crippen molar-refractivity contribution in [1.82, 2.24) is 4.98 Å². The molecule has 6 heteroatoms. The van der Waals surface area contributed by atoms with Crippen LogP contribution in [0.1, 0.15) is 0 Å². The van der Waals surface area contributed by atoms with Crippen LogP contribution in [-0.2, 0) is 0 Å². The largest absolute Gasteiger partial charge is 0.437 e. The predicted octanol–water partition coefficient (Wildman–Crippen LogP) is 4.42. The van der Waals surface area contributed by atoms with Crippen LogP contribution in [0.3, 0.4) is 0 Å². The molecule has 0 amide bonds. The van der Waals surface area contributed by atoms with E-state index in [0.717, 1.165) is 0 Å². The Balaban J connectivity index is 2.34. The molecule has 0 spiro atoms. The van der Waals surface area contributed by atoms with Gasteiger partial charge in [-0.2, -0.15) is 4.98 Å². The number of ether oxygens (including phenoxy) is 1. The van der Waals surface area contributed by atoms with Gasteiger partial charge in [0.2, 0.25) is 5.88 Å². The van der Waals surface area contributed by atoms with Gasteiger partial charge in [-0.15, -0.1) is 0 Å². The second kappa shape index (κ2) is 5.00. The first-order valence-electron chi connectivity index (χ1n) is 4.60. The number of halogens is 3. The Bertz CT molecular complexity index is 540. The van der Waals surface area contributed by atoms with Gasteiger partial charge in [-0.3, -0.25) is 0 Å². The number of nitrogens with two attached hydrogens (primary N) is 1. The molecule has 2 rings (SSSR count). The number of anilines is 1. The number of pyridine rings is 1. The van der Waals surface area contributed by atoms with E-state index in [1.807, 2.05) is 0 Å². The normalized spacial score (nSPS) is 10.3. The van der Waals surface area contributed by atoms with Gasteiger partial charge < -0.3 is 10.5 Å². The van der Waals surface area contributed by atoms with Crippen molar-refractivity contribution in [3.8, 4) is 11.6 Å². The standard InChI is InChI=1S/C11H7Cl3N2O/c12-6-3-7(13)5-8(4-6)17-11-9(15)1-2-10(14)16-11/h1-5H,15H2.